The number of rotatable bonds is 8. The largest absolute Gasteiger partial charge is 0.478 e. The van der Waals surface area contributed by atoms with Crippen LogP contribution < -0.4 is 0 Å². The molecule has 2 aliphatic heterocycles. The Kier molecular flexibility index (Phi) is 12.6. The van der Waals surface area contributed by atoms with E-state index in [1.165, 1.54) is 111 Å². The molecular weight excluding hydrogens is 552 g/mol. The number of aliphatic carboxylic acids is 2. The molecule has 2 fully saturated rings. The van der Waals surface area contributed by atoms with Crippen molar-refractivity contribution in [1.29, 1.82) is 0 Å². The van der Waals surface area contributed by atoms with Gasteiger partial charge in [-0.2, -0.15) is 0 Å². The lowest BCUT2D eigenvalue weighted by Crippen LogP contribution is -2.34. The van der Waals surface area contributed by atoms with Gasteiger partial charge in [0.15, 0.2) is 0 Å². The first-order valence-corrected chi connectivity index (χ1v) is 16.1. The molecule has 2 saturated heterocycles. The van der Waals surface area contributed by atoms with Gasteiger partial charge in [-0.15, -0.1) is 0 Å². The molecule has 0 aliphatic carbocycles. The fourth-order valence-electron chi connectivity index (χ4n) is 6.73. The Balaban J connectivity index is 0.000000163. The monoisotopic (exact) mass is 600 g/mol. The van der Waals surface area contributed by atoms with Crippen molar-refractivity contribution in [1.82, 2.24) is 19.8 Å². The number of nitrogens with one attached hydrogen (secondary N) is 2. The molecule has 44 heavy (non-hydrogen) atoms. The molecule has 2 atom stereocenters. The Morgan fingerprint density at radius 1 is 0.727 bits per heavy atom. The molecule has 2 aromatic carbocycles. The van der Waals surface area contributed by atoms with Crippen LogP contribution in [0.1, 0.15) is 75.3 Å². The van der Waals surface area contributed by atoms with Crippen LogP contribution in [0.2, 0.25) is 0 Å². The molecule has 4 heterocycles. The number of carbonyl (C=O) groups is 2. The second-order valence-electron chi connectivity index (χ2n) is 11.9. The summed E-state index contributed by atoms with van der Waals surface area (Å²) in [6.07, 6.45) is 13.1. The number of fused-ring (bicyclic) bond motifs is 2. The molecule has 0 bridgehead atoms. The van der Waals surface area contributed by atoms with E-state index < -0.39 is 11.9 Å². The van der Waals surface area contributed by atoms with Crippen LogP contribution in [-0.2, 0) is 9.59 Å². The normalized spacial score (nSPS) is 19.3. The maximum Gasteiger partial charge on any atom is 0.328 e. The Labute approximate surface area is 260 Å². The molecule has 2 aliphatic rings. The van der Waals surface area contributed by atoms with E-state index in [2.05, 4.69) is 94.5 Å². The molecule has 8 heteroatoms. The van der Waals surface area contributed by atoms with Gasteiger partial charge in [0.25, 0.3) is 0 Å². The van der Waals surface area contributed by atoms with Crippen LogP contribution in [-0.4, -0.2) is 81.2 Å². The zero-order valence-corrected chi connectivity index (χ0v) is 26.2. The van der Waals surface area contributed by atoms with E-state index in [1.54, 1.807) is 0 Å². The molecule has 0 radical (unpaired) electrons. The third-order valence-corrected chi connectivity index (χ3v) is 8.60. The highest BCUT2D eigenvalue weighted by molar-refractivity contribution is 5.89. The number of H-pyrrole nitrogens is 2. The summed E-state index contributed by atoms with van der Waals surface area (Å²) in [4.78, 5) is 31.0. The average molecular weight is 601 g/mol. The van der Waals surface area contributed by atoms with Crippen molar-refractivity contribution in [2.75, 3.05) is 39.3 Å². The van der Waals surface area contributed by atoms with Gasteiger partial charge in [0.2, 0.25) is 0 Å². The fraction of sp³-hybridized carbons (Fsp3) is 0.444. The third kappa shape index (κ3) is 9.31. The number of aromatic nitrogens is 2. The van der Waals surface area contributed by atoms with E-state index in [1.807, 2.05) is 0 Å². The highest BCUT2D eigenvalue weighted by atomic mass is 16.4. The predicted molar refractivity (Wildman–Crippen MR) is 178 cm³/mol. The minimum Gasteiger partial charge on any atom is -0.478 e. The summed E-state index contributed by atoms with van der Waals surface area (Å²) in [6, 6.07) is 17.8. The average Bonchev–Trinajstić information content (AvgIpc) is 3.71. The van der Waals surface area contributed by atoms with Gasteiger partial charge in [-0.25, -0.2) is 9.59 Å². The summed E-state index contributed by atoms with van der Waals surface area (Å²) in [6.45, 7) is 12.1. The lowest BCUT2D eigenvalue weighted by Gasteiger charge is -2.33. The lowest BCUT2D eigenvalue weighted by molar-refractivity contribution is -0.134. The molecule has 2 unspecified atom stereocenters. The molecule has 236 valence electrons. The topological polar surface area (TPSA) is 113 Å². The number of nitrogens with zero attached hydrogens (tertiary/aromatic N) is 2. The number of hydrogen-bond donors (Lipinski definition) is 4. The van der Waals surface area contributed by atoms with Crippen molar-refractivity contribution >= 4 is 33.7 Å². The van der Waals surface area contributed by atoms with Crippen LogP contribution in [0, 0.1) is 0 Å². The lowest BCUT2D eigenvalue weighted by atomic mass is 9.88. The van der Waals surface area contributed by atoms with Crippen LogP contribution in [0.15, 0.2) is 73.1 Å². The maximum atomic E-state index is 9.55. The van der Waals surface area contributed by atoms with Crippen molar-refractivity contribution in [2.45, 2.75) is 64.2 Å². The van der Waals surface area contributed by atoms with Gasteiger partial charge in [0.05, 0.1) is 0 Å². The molecule has 8 nitrogen and oxygen atoms in total. The molecule has 4 N–H and O–H groups in total. The van der Waals surface area contributed by atoms with Gasteiger partial charge < -0.3 is 30.0 Å². The number of benzene rings is 2. The van der Waals surface area contributed by atoms with Crippen LogP contribution in [0.5, 0.6) is 0 Å². The first-order chi connectivity index (χ1) is 21.4. The van der Waals surface area contributed by atoms with E-state index in [-0.39, 0.29) is 0 Å². The molecule has 2 aromatic heterocycles. The van der Waals surface area contributed by atoms with E-state index in [4.69, 9.17) is 10.2 Å². The summed E-state index contributed by atoms with van der Waals surface area (Å²) in [5.41, 5.74) is 5.63. The Morgan fingerprint density at radius 3 is 1.55 bits per heavy atom. The van der Waals surface area contributed by atoms with Gasteiger partial charge in [-0.05, 0) is 112 Å². The highest BCUT2D eigenvalue weighted by Crippen LogP contribution is 2.33. The molecular formula is C36H48N4O4. The zero-order chi connectivity index (χ0) is 31.3. The molecule has 0 amide bonds. The fourth-order valence-corrected chi connectivity index (χ4v) is 6.73. The Morgan fingerprint density at radius 2 is 1.16 bits per heavy atom. The van der Waals surface area contributed by atoms with Gasteiger partial charge in [0, 0.05) is 59.4 Å². The van der Waals surface area contributed by atoms with Crippen molar-refractivity contribution in [3.63, 3.8) is 0 Å². The van der Waals surface area contributed by atoms with Gasteiger partial charge >= 0.3 is 11.9 Å². The minimum absolute atomic E-state index is 0.558. The quantitative estimate of drug-likeness (QED) is 0.159. The SMILES string of the molecule is CCCN1CCCC(c2cccc3[nH]ccc23)C1.CCCN1CCCC(c2cccc3[nH]ccc23)C1.O=C(O)/C=C/C(=O)O. The standard InChI is InChI=1S/2C16H22N2.C4H4O4/c2*1-2-10-18-11-4-5-13(12-18)14-6-3-7-16-15(14)8-9-17-16;5-3(6)1-2-4(7)8/h2*3,6-9,13,17H,2,4-5,10-12H2,1H3;1-2H,(H,5,6)(H,7,8)/b;;2-1+. The van der Waals surface area contributed by atoms with Gasteiger partial charge in [-0.1, -0.05) is 38.1 Å². The van der Waals surface area contributed by atoms with Crippen LogP contribution in [0.3, 0.4) is 0 Å². The number of piperidine rings is 2. The maximum absolute atomic E-state index is 9.55. The molecule has 0 saturated carbocycles. The summed E-state index contributed by atoms with van der Waals surface area (Å²) in [7, 11) is 0. The molecule has 0 spiro atoms. The van der Waals surface area contributed by atoms with Crippen LogP contribution >= 0.6 is 0 Å². The summed E-state index contributed by atoms with van der Waals surface area (Å²) >= 11 is 0. The number of hydrogen-bond acceptors (Lipinski definition) is 4. The van der Waals surface area contributed by atoms with E-state index in [0.717, 1.165) is 0 Å². The summed E-state index contributed by atoms with van der Waals surface area (Å²) in [5.74, 6) is -1.09. The molecule has 6 rings (SSSR count). The zero-order valence-electron chi connectivity index (χ0n) is 26.2. The van der Waals surface area contributed by atoms with E-state index in [0.29, 0.717) is 24.0 Å². The highest BCUT2D eigenvalue weighted by Gasteiger charge is 2.23. The van der Waals surface area contributed by atoms with E-state index in [9.17, 15) is 9.59 Å². The van der Waals surface area contributed by atoms with E-state index >= 15 is 0 Å². The minimum atomic E-state index is -1.26. The van der Waals surface area contributed by atoms with Crippen molar-refractivity contribution in [2.24, 2.45) is 0 Å². The number of aromatic amines is 2. The first kappa shape index (κ1) is 33.0. The molecule has 4 aromatic rings. The first-order valence-electron chi connectivity index (χ1n) is 16.1. The summed E-state index contributed by atoms with van der Waals surface area (Å²) < 4.78 is 0. The van der Waals surface area contributed by atoms with Crippen LogP contribution in [0.25, 0.3) is 21.8 Å². The third-order valence-electron chi connectivity index (χ3n) is 8.60. The van der Waals surface area contributed by atoms with Crippen molar-refractivity contribution in [3.8, 4) is 0 Å². The van der Waals surface area contributed by atoms with Crippen LogP contribution in [0.4, 0.5) is 0 Å². The second-order valence-corrected chi connectivity index (χ2v) is 11.9. The van der Waals surface area contributed by atoms with Gasteiger partial charge in [-0.3, -0.25) is 0 Å². The number of likely N-dealkylation sites (tertiary alicyclic amines) is 2. The second kappa shape index (κ2) is 16.8. The van der Waals surface area contributed by atoms with Gasteiger partial charge in [0.1, 0.15) is 0 Å². The Bertz CT molecular complexity index is 1390. The number of carboxylic acids is 2. The number of carboxylic acid groups (broad SMARTS) is 2. The van der Waals surface area contributed by atoms with Crippen molar-refractivity contribution in [3.05, 3.63) is 84.2 Å². The smallest absolute Gasteiger partial charge is 0.328 e. The predicted octanol–water partition coefficient (Wildman–Crippen LogP) is 7.23. The summed E-state index contributed by atoms with van der Waals surface area (Å²) in [5, 5.41) is 18.5. The van der Waals surface area contributed by atoms with Crippen molar-refractivity contribution < 1.29 is 19.8 Å². The Hall–Kier alpha value is -3.88.